The van der Waals surface area contributed by atoms with Crippen LogP contribution in [0.2, 0.25) is 0 Å². The Labute approximate surface area is 158 Å². The van der Waals surface area contributed by atoms with E-state index in [1.54, 1.807) is 0 Å². The Kier molecular flexibility index (Phi) is 4.05. The van der Waals surface area contributed by atoms with E-state index in [-0.39, 0.29) is 0 Å². The monoisotopic (exact) mass is 355 g/mol. The zero-order valence-electron chi connectivity index (χ0n) is 15.0. The Morgan fingerprint density at radius 3 is 2.41 bits per heavy atom. The van der Waals surface area contributed by atoms with Gasteiger partial charge >= 0.3 is 0 Å². The van der Waals surface area contributed by atoms with Crippen LogP contribution in [0.25, 0.3) is 22.3 Å². The van der Waals surface area contributed by atoms with Gasteiger partial charge in [-0.25, -0.2) is 9.67 Å². The summed E-state index contributed by atoms with van der Waals surface area (Å²) in [6.07, 6.45) is 3.66. The number of anilines is 1. The molecular formula is C22H21N5. The molecule has 27 heavy (non-hydrogen) atoms. The minimum Gasteiger partial charge on any atom is -0.365 e. The molecule has 1 aliphatic carbocycles. The van der Waals surface area contributed by atoms with Gasteiger partial charge in [0.05, 0.1) is 17.8 Å². The summed E-state index contributed by atoms with van der Waals surface area (Å²) in [5.41, 5.74) is 5.10. The van der Waals surface area contributed by atoms with Crippen molar-refractivity contribution in [3.05, 3.63) is 72.3 Å². The summed E-state index contributed by atoms with van der Waals surface area (Å²) in [4.78, 5) is 4.89. The highest BCUT2D eigenvalue weighted by Crippen LogP contribution is 2.30. The van der Waals surface area contributed by atoms with Gasteiger partial charge in [0.15, 0.2) is 11.3 Å². The van der Waals surface area contributed by atoms with Crippen molar-refractivity contribution in [2.75, 3.05) is 5.32 Å². The van der Waals surface area contributed by atoms with E-state index in [0.717, 1.165) is 28.1 Å². The maximum Gasteiger partial charge on any atom is 0.157 e. The average molecular weight is 355 g/mol. The number of fused-ring (bicyclic) bond motifs is 1. The lowest BCUT2D eigenvalue weighted by Crippen LogP contribution is -2.27. The molecule has 0 aliphatic heterocycles. The topological polar surface area (TPSA) is 55.6 Å². The molecule has 2 heterocycles. The van der Waals surface area contributed by atoms with Gasteiger partial charge in [0, 0.05) is 11.6 Å². The smallest absolute Gasteiger partial charge is 0.157 e. The number of hydrogen-bond acceptors (Lipinski definition) is 4. The first-order valence-corrected chi connectivity index (χ1v) is 9.47. The summed E-state index contributed by atoms with van der Waals surface area (Å²) >= 11 is 0. The zero-order chi connectivity index (χ0) is 18.1. The number of nitrogens with zero attached hydrogens (tertiary/aromatic N) is 4. The number of benzene rings is 2. The summed E-state index contributed by atoms with van der Waals surface area (Å²) < 4.78 is 1.96. The number of nitrogens with one attached hydrogen (secondary N) is 1. The lowest BCUT2D eigenvalue weighted by atomic mass is 9.93. The van der Waals surface area contributed by atoms with Crippen molar-refractivity contribution >= 4 is 16.9 Å². The van der Waals surface area contributed by atoms with Crippen LogP contribution < -0.4 is 5.32 Å². The first-order chi connectivity index (χ1) is 13.4. The fourth-order valence-electron chi connectivity index (χ4n) is 3.44. The van der Waals surface area contributed by atoms with Gasteiger partial charge in [-0.2, -0.15) is 0 Å². The molecule has 5 heteroatoms. The zero-order valence-corrected chi connectivity index (χ0v) is 15.0. The van der Waals surface area contributed by atoms with Gasteiger partial charge in [-0.15, -0.1) is 5.10 Å². The van der Waals surface area contributed by atoms with Crippen molar-refractivity contribution in [1.29, 1.82) is 0 Å². The lowest BCUT2D eigenvalue weighted by molar-refractivity contribution is 0.445. The second kappa shape index (κ2) is 6.83. The SMILES string of the molecule is c1ccc(Cn2nnc3c(NC4CCC4)nc(-c4ccccc4)cc32)cc1. The Hall–Kier alpha value is -3.21. The first kappa shape index (κ1) is 16.0. The van der Waals surface area contributed by atoms with E-state index in [1.165, 1.54) is 24.8 Å². The van der Waals surface area contributed by atoms with Crippen LogP contribution in [0.15, 0.2) is 66.7 Å². The Bertz CT molecular complexity index is 1050. The molecule has 134 valence electrons. The summed E-state index contributed by atoms with van der Waals surface area (Å²) in [6, 6.07) is 23.2. The van der Waals surface area contributed by atoms with Gasteiger partial charge < -0.3 is 5.32 Å². The molecule has 0 amide bonds. The van der Waals surface area contributed by atoms with Crippen molar-refractivity contribution < 1.29 is 0 Å². The number of hydrogen-bond donors (Lipinski definition) is 1. The molecule has 1 N–H and O–H groups in total. The van der Waals surface area contributed by atoms with Crippen LogP contribution in [0.1, 0.15) is 24.8 Å². The van der Waals surface area contributed by atoms with E-state index in [0.29, 0.717) is 12.6 Å². The Morgan fingerprint density at radius 2 is 1.70 bits per heavy atom. The minimum atomic E-state index is 0.492. The highest BCUT2D eigenvalue weighted by molar-refractivity contribution is 5.89. The van der Waals surface area contributed by atoms with Crippen molar-refractivity contribution in [3.8, 4) is 11.3 Å². The summed E-state index contributed by atoms with van der Waals surface area (Å²) in [6.45, 7) is 0.693. The molecule has 2 aromatic carbocycles. The fraction of sp³-hybridized carbons (Fsp3) is 0.227. The molecule has 0 unspecified atom stereocenters. The Morgan fingerprint density at radius 1 is 0.963 bits per heavy atom. The maximum absolute atomic E-state index is 4.89. The predicted octanol–water partition coefficient (Wildman–Crippen LogP) is 4.51. The normalized spacial score (nSPS) is 14.2. The summed E-state index contributed by atoms with van der Waals surface area (Å²) in [7, 11) is 0. The van der Waals surface area contributed by atoms with Gasteiger partial charge in [0.25, 0.3) is 0 Å². The third kappa shape index (κ3) is 3.16. The Balaban J connectivity index is 1.61. The number of pyridine rings is 1. The highest BCUT2D eigenvalue weighted by Gasteiger charge is 2.21. The standard InChI is InChI=1S/C22H21N5/c1-3-8-16(9-4-1)15-27-20-14-19(17-10-5-2-6-11-17)24-22(21(20)25-26-27)23-18-12-7-13-18/h1-6,8-11,14,18H,7,12-13,15H2,(H,23,24). The van der Waals surface area contributed by atoms with Crippen LogP contribution in [0.4, 0.5) is 5.82 Å². The third-order valence-corrected chi connectivity index (χ3v) is 5.19. The van der Waals surface area contributed by atoms with Crippen LogP contribution in [0.5, 0.6) is 0 Å². The largest absolute Gasteiger partial charge is 0.365 e. The van der Waals surface area contributed by atoms with Gasteiger partial charge in [0.2, 0.25) is 0 Å². The van der Waals surface area contributed by atoms with Gasteiger partial charge in [-0.05, 0) is 30.9 Å². The summed E-state index contributed by atoms with van der Waals surface area (Å²) in [5, 5.41) is 12.5. The molecule has 0 spiro atoms. The van der Waals surface area contributed by atoms with E-state index >= 15 is 0 Å². The van der Waals surface area contributed by atoms with Crippen molar-refractivity contribution in [2.45, 2.75) is 31.8 Å². The maximum atomic E-state index is 4.89. The predicted molar refractivity (Wildman–Crippen MR) is 108 cm³/mol. The third-order valence-electron chi connectivity index (χ3n) is 5.19. The molecule has 1 aliphatic rings. The van der Waals surface area contributed by atoms with Crippen molar-refractivity contribution in [2.24, 2.45) is 0 Å². The molecule has 2 aromatic heterocycles. The minimum absolute atomic E-state index is 0.492. The number of rotatable bonds is 5. The van der Waals surface area contributed by atoms with Crippen LogP contribution in [0, 0.1) is 0 Å². The average Bonchev–Trinajstić information content (AvgIpc) is 3.09. The van der Waals surface area contributed by atoms with Gasteiger partial charge in [0.1, 0.15) is 0 Å². The quantitative estimate of drug-likeness (QED) is 0.572. The highest BCUT2D eigenvalue weighted by atomic mass is 15.4. The second-order valence-corrected chi connectivity index (χ2v) is 7.09. The molecule has 0 atom stereocenters. The van der Waals surface area contributed by atoms with Gasteiger partial charge in [-0.3, -0.25) is 0 Å². The molecule has 0 bridgehead atoms. The van der Waals surface area contributed by atoms with E-state index < -0.39 is 0 Å². The van der Waals surface area contributed by atoms with E-state index in [4.69, 9.17) is 4.98 Å². The van der Waals surface area contributed by atoms with E-state index in [2.05, 4.69) is 58.1 Å². The van der Waals surface area contributed by atoms with Crippen molar-refractivity contribution in [3.63, 3.8) is 0 Å². The van der Waals surface area contributed by atoms with Gasteiger partial charge in [-0.1, -0.05) is 65.9 Å². The lowest BCUT2D eigenvalue weighted by Gasteiger charge is -2.27. The molecule has 5 nitrogen and oxygen atoms in total. The molecule has 0 radical (unpaired) electrons. The fourth-order valence-corrected chi connectivity index (χ4v) is 3.44. The van der Waals surface area contributed by atoms with Crippen LogP contribution in [-0.2, 0) is 6.54 Å². The molecule has 1 fully saturated rings. The van der Waals surface area contributed by atoms with Crippen molar-refractivity contribution in [1.82, 2.24) is 20.0 Å². The molecule has 5 rings (SSSR count). The summed E-state index contributed by atoms with van der Waals surface area (Å²) in [5.74, 6) is 0.843. The number of aromatic nitrogens is 4. The first-order valence-electron chi connectivity index (χ1n) is 9.47. The molecule has 0 saturated heterocycles. The van der Waals surface area contributed by atoms with Crippen LogP contribution >= 0.6 is 0 Å². The van der Waals surface area contributed by atoms with Crippen LogP contribution in [-0.4, -0.2) is 26.0 Å². The molecule has 4 aromatic rings. The molecule has 1 saturated carbocycles. The van der Waals surface area contributed by atoms with E-state index in [1.807, 2.05) is 28.9 Å². The second-order valence-electron chi connectivity index (χ2n) is 7.09. The van der Waals surface area contributed by atoms with E-state index in [9.17, 15) is 0 Å². The molecular weight excluding hydrogens is 334 g/mol. The van der Waals surface area contributed by atoms with Crippen LogP contribution in [0.3, 0.4) is 0 Å².